The van der Waals surface area contributed by atoms with E-state index in [1.54, 1.807) is 0 Å². The quantitative estimate of drug-likeness (QED) is 0.813. The van der Waals surface area contributed by atoms with Crippen LogP contribution in [0.2, 0.25) is 0 Å². The van der Waals surface area contributed by atoms with Crippen molar-refractivity contribution in [2.24, 2.45) is 0 Å². The number of methoxy groups -OCH3 is 1. The minimum atomic E-state index is -0.413. The van der Waals surface area contributed by atoms with Crippen molar-refractivity contribution in [3.8, 4) is 0 Å². The number of anilines is 2. The van der Waals surface area contributed by atoms with Crippen LogP contribution in [0.1, 0.15) is 16.6 Å². The third-order valence-corrected chi connectivity index (χ3v) is 4.21. The van der Waals surface area contributed by atoms with E-state index in [9.17, 15) is 4.79 Å². The third kappa shape index (κ3) is 2.56. The minimum Gasteiger partial charge on any atom is -0.465 e. The summed E-state index contributed by atoms with van der Waals surface area (Å²) in [7, 11) is 1.35. The number of hydrogen-bond donors (Lipinski definition) is 1. The van der Waals surface area contributed by atoms with Gasteiger partial charge in [0.15, 0.2) is 15.8 Å². The molecule has 0 aromatic carbocycles. The van der Waals surface area contributed by atoms with Crippen molar-refractivity contribution >= 4 is 28.3 Å². The summed E-state index contributed by atoms with van der Waals surface area (Å²) in [5.74, 6) is -0.150. The summed E-state index contributed by atoms with van der Waals surface area (Å²) in [6.45, 7) is 7.10. The fourth-order valence-electron chi connectivity index (χ4n) is 1.95. The molecule has 100 valence electrons. The minimum absolute atomic E-state index is 0.264. The van der Waals surface area contributed by atoms with Crippen molar-refractivity contribution in [2.45, 2.75) is 6.92 Å². The van der Waals surface area contributed by atoms with Crippen molar-refractivity contribution in [3.63, 3.8) is 0 Å². The van der Waals surface area contributed by atoms with Crippen molar-refractivity contribution in [2.75, 3.05) is 50.5 Å². The molecule has 1 fully saturated rings. The number of thiazole rings is 1. The van der Waals surface area contributed by atoms with Crippen molar-refractivity contribution in [1.82, 2.24) is 9.88 Å². The Morgan fingerprint density at radius 2 is 2.11 bits per heavy atom. The molecule has 0 atom stereocenters. The van der Waals surface area contributed by atoms with Gasteiger partial charge in [-0.1, -0.05) is 18.3 Å². The molecule has 6 nitrogen and oxygen atoms in total. The molecule has 1 aromatic rings. The van der Waals surface area contributed by atoms with E-state index in [0.29, 0.717) is 4.88 Å². The summed E-state index contributed by atoms with van der Waals surface area (Å²) < 4.78 is 4.68. The molecule has 0 aliphatic carbocycles. The number of hydrogen-bond acceptors (Lipinski definition) is 7. The molecular weight excluding hydrogens is 252 g/mol. The fraction of sp³-hybridized carbons (Fsp3) is 0.636. The fourth-order valence-corrected chi connectivity index (χ4v) is 2.90. The smallest absolute Gasteiger partial charge is 0.351 e. The number of rotatable bonds is 3. The van der Waals surface area contributed by atoms with Gasteiger partial charge in [-0.2, -0.15) is 0 Å². The Balaban J connectivity index is 2.08. The maximum atomic E-state index is 11.5. The van der Waals surface area contributed by atoms with E-state index in [0.717, 1.165) is 37.9 Å². The van der Waals surface area contributed by atoms with Crippen molar-refractivity contribution in [1.29, 1.82) is 0 Å². The second-order valence-electron chi connectivity index (χ2n) is 4.12. The van der Waals surface area contributed by atoms with Gasteiger partial charge in [-0.15, -0.1) is 0 Å². The van der Waals surface area contributed by atoms with Crippen LogP contribution in [0.4, 0.5) is 10.9 Å². The molecule has 1 aromatic heterocycles. The predicted molar refractivity (Wildman–Crippen MR) is 72.2 cm³/mol. The molecule has 18 heavy (non-hydrogen) atoms. The summed E-state index contributed by atoms with van der Waals surface area (Å²) in [6.07, 6.45) is 0. The first-order valence-corrected chi connectivity index (χ1v) is 6.79. The van der Waals surface area contributed by atoms with Crippen molar-refractivity contribution < 1.29 is 9.53 Å². The summed E-state index contributed by atoms with van der Waals surface area (Å²) >= 11 is 1.30. The normalized spacial score (nSPS) is 16.9. The number of ether oxygens (including phenoxy) is 1. The molecule has 2 N–H and O–H groups in total. The molecule has 1 aliphatic heterocycles. The summed E-state index contributed by atoms with van der Waals surface area (Å²) in [5, 5.41) is 0.809. The highest BCUT2D eigenvalue weighted by molar-refractivity contribution is 7.18. The lowest BCUT2D eigenvalue weighted by molar-refractivity contribution is 0.0607. The zero-order chi connectivity index (χ0) is 13.1. The average molecular weight is 270 g/mol. The Morgan fingerprint density at radius 3 is 2.67 bits per heavy atom. The molecule has 2 rings (SSSR count). The standard InChI is InChI=1S/C11H18N4O2S/c1-3-14-4-6-15(7-5-14)11-13-9(12)8(18-11)10(16)17-2/h3-7,12H2,1-2H3. The number of nitrogens with two attached hydrogens (primary N) is 1. The van der Waals surface area contributed by atoms with Crippen LogP contribution >= 0.6 is 11.3 Å². The highest BCUT2D eigenvalue weighted by Gasteiger charge is 2.22. The maximum absolute atomic E-state index is 11.5. The lowest BCUT2D eigenvalue weighted by atomic mass is 10.3. The van der Waals surface area contributed by atoms with E-state index in [1.807, 2.05) is 0 Å². The molecule has 2 heterocycles. The second-order valence-corrected chi connectivity index (χ2v) is 5.10. The van der Waals surface area contributed by atoms with E-state index >= 15 is 0 Å². The largest absolute Gasteiger partial charge is 0.465 e. The Kier molecular flexibility index (Phi) is 4.03. The Labute approximate surface area is 110 Å². The summed E-state index contributed by atoms with van der Waals surface area (Å²) in [5.41, 5.74) is 5.74. The maximum Gasteiger partial charge on any atom is 0.351 e. The van der Waals surface area contributed by atoms with Gasteiger partial charge in [0, 0.05) is 26.2 Å². The van der Waals surface area contributed by atoms with Crippen LogP contribution < -0.4 is 10.6 Å². The van der Waals surface area contributed by atoms with Gasteiger partial charge in [-0.05, 0) is 6.54 Å². The van der Waals surface area contributed by atoms with E-state index in [4.69, 9.17) is 5.73 Å². The first kappa shape index (κ1) is 13.1. The molecule has 0 radical (unpaired) electrons. The molecular formula is C11H18N4O2S. The van der Waals surface area contributed by atoms with E-state index in [2.05, 4.69) is 26.4 Å². The zero-order valence-electron chi connectivity index (χ0n) is 10.7. The van der Waals surface area contributed by atoms with Crippen LogP contribution in [-0.4, -0.2) is 55.7 Å². The first-order valence-electron chi connectivity index (χ1n) is 5.97. The van der Waals surface area contributed by atoms with Gasteiger partial charge in [-0.25, -0.2) is 9.78 Å². The molecule has 1 aliphatic rings. The molecule has 0 amide bonds. The zero-order valence-corrected chi connectivity index (χ0v) is 11.5. The average Bonchev–Trinajstić information content (AvgIpc) is 2.80. The SMILES string of the molecule is CCN1CCN(c2nc(N)c(C(=O)OC)s2)CC1. The number of aromatic nitrogens is 1. The van der Waals surface area contributed by atoms with Crippen LogP contribution in [0, 0.1) is 0 Å². The van der Waals surface area contributed by atoms with Crippen LogP contribution in [0.15, 0.2) is 0 Å². The lowest BCUT2D eigenvalue weighted by Crippen LogP contribution is -2.46. The van der Waals surface area contributed by atoms with E-state index < -0.39 is 5.97 Å². The first-order chi connectivity index (χ1) is 8.65. The number of carbonyl (C=O) groups is 1. The molecule has 7 heteroatoms. The van der Waals surface area contributed by atoms with Crippen LogP contribution in [0.3, 0.4) is 0 Å². The van der Waals surface area contributed by atoms with Gasteiger partial charge in [-0.3, -0.25) is 0 Å². The number of nitrogen functional groups attached to an aromatic ring is 1. The van der Waals surface area contributed by atoms with Gasteiger partial charge < -0.3 is 20.3 Å². The number of piperazine rings is 1. The molecule has 0 saturated carbocycles. The Morgan fingerprint density at radius 1 is 1.44 bits per heavy atom. The second kappa shape index (κ2) is 5.53. The van der Waals surface area contributed by atoms with Gasteiger partial charge in [0.2, 0.25) is 0 Å². The van der Waals surface area contributed by atoms with E-state index in [1.165, 1.54) is 18.4 Å². The monoisotopic (exact) mass is 270 g/mol. The summed E-state index contributed by atoms with van der Waals surface area (Å²) in [6, 6.07) is 0. The molecule has 0 unspecified atom stereocenters. The predicted octanol–water partition coefficient (Wildman–Crippen LogP) is 0.654. The number of nitrogens with zero attached hydrogens (tertiary/aromatic N) is 3. The lowest BCUT2D eigenvalue weighted by Gasteiger charge is -2.33. The molecule has 1 saturated heterocycles. The van der Waals surface area contributed by atoms with E-state index in [-0.39, 0.29) is 5.82 Å². The number of esters is 1. The van der Waals surface area contributed by atoms with Crippen molar-refractivity contribution in [3.05, 3.63) is 4.88 Å². The van der Waals surface area contributed by atoms with Crippen LogP contribution in [-0.2, 0) is 4.74 Å². The van der Waals surface area contributed by atoms with Gasteiger partial charge in [0.25, 0.3) is 0 Å². The van der Waals surface area contributed by atoms with Gasteiger partial charge >= 0.3 is 5.97 Å². The van der Waals surface area contributed by atoms with Crippen LogP contribution in [0.25, 0.3) is 0 Å². The Bertz CT molecular complexity index is 427. The number of carbonyl (C=O) groups excluding carboxylic acids is 1. The molecule has 0 bridgehead atoms. The van der Waals surface area contributed by atoms with Gasteiger partial charge in [0.1, 0.15) is 0 Å². The third-order valence-electron chi connectivity index (χ3n) is 3.10. The highest BCUT2D eigenvalue weighted by atomic mass is 32.1. The number of likely N-dealkylation sites (N-methyl/N-ethyl adjacent to an activating group) is 1. The van der Waals surface area contributed by atoms with Crippen LogP contribution in [0.5, 0.6) is 0 Å². The molecule has 0 spiro atoms. The van der Waals surface area contributed by atoms with Gasteiger partial charge in [0.05, 0.1) is 7.11 Å². The topological polar surface area (TPSA) is 71.7 Å². The summed E-state index contributed by atoms with van der Waals surface area (Å²) in [4.78, 5) is 20.7. The highest BCUT2D eigenvalue weighted by Crippen LogP contribution is 2.29. The Hall–Kier alpha value is -1.34.